The molecule has 0 atom stereocenters. The summed E-state index contributed by atoms with van der Waals surface area (Å²) >= 11 is 0. The Morgan fingerprint density at radius 3 is 2.82 bits per heavy atom. The van der Waals surface area contributed by atoms with Crippen molar-refractivity contribution >= 4 is 6.09 Å². The molecule has 0 unspecified atom stereocenters. The first kappa shape index (κ1) is 13.2. The molecular formula is C11H17N3O3. The fraction of sp³-hybridized carbons (Fsp3) is 0.455. The van der Waals surface area contributed by atoms with Gasteiger partial charge in [-0.15, -0.1) is 0 Å². The quantitative estimate of drug-likeness (QED) is 0.693. The molecule has 6 nitrogen and oxygen atoms in total. The van der Waals surface area contributed by atoms with Crippen LogP contribution in [0.15, 0.2) is 18.5 Å². The van der Waals surface area contributed by atoms with E-state index in [1.165, 1.54) is 18.5 Å². The van der Waals surface area contributed by atoms with Crippen LogP contribution in [0.5, 0.6) is 5.75 Å². The predicted octanol–water partition coefficient (Wildman–Crippen LogP) is 1.32. The van der Waals surface area contributed by atoms with Crippen LogP contribution in [-0.2, 0) is 11.3 Å². The maximum Gasteiger partial charge on any atom is 0.422 e. The number of hydrogen-bond acceptors (Lipinski definition) is 5. The summed E-state index contributed by atoms with van der Waals surface area (Å²) < 4.78 is 5.02. The first-order valence-corrected chi connectivity index (χ1v) is 5.22. The van der Waals surface area contributed by atoms with Crippen LogP contribution in [0, 0.1) is 0 Å². The number of rotatable bonds is 3. The summed E-state index contributed by atoms with van der Waals surface area (Å²) in [6, 6.07) is 1.48. The highest BCUT2D eigenvalue weighted by Crippen LogP contribution is 2.12. The van der Waals surface area contributed by atoms with Gasteiger partial charge in [-0.25, -0.2) is 10.2 Å². The van der Waals surface area contributed by atoms with Crippen LogP contribution in [0.2, 0.25) is 0 Å². The van der Waals surface area contributed by atoms with Gasteiger partial charge in [0.2, 0.25) is 0 Å². The van der Waals surface area contributed by atoms with Gasteiger partial charge in [0, 0.05) is 24.5 Å². The van der Waals surface area contributed by atoms with E-state index in [9.17, 15) is 9.90 Å². The Morgan fingerprint density at radius 1 is 1.53 bits per heavy atom. The topological polar surface area (TPSA) is 83.5 Å². The average molecular weight is 239 g/mol. The highest BCUT2D eigenvalue weighted by atomic mass is 16.6. The minimum atomic E-state index is -0.569. The number of nitrogens with zero attached hydrogens (tertiary/aromatic N) is 1. The zero-order valence-electron chi connectivity index (χ0n) is 10.2. The molecule has 0 radical (unpaired) electrons. The molecule has 6 heteroatoms. The number of aromatic nitrogens is 1. The molecule has 0 bridgehead atoms. The third kappa shape index (κ3) is 5.17. The van der Waals surface area contributed by atoms with Crippen LogP contribution in [-0.4, -0.2) is 21.8 Å². The number of carbonyl (C=O) groups is 1. The molecule has 1 amide bonds. The van der Waals surface area contributed by atoms with Crippen molar-refractivity contribution < 1.29 is 14.6 Å². The second-order valence-corrected chi connectivity index (χ2v) is 4.48. The van der Waals surface area contributed by atoms with E-state index >= 15 is 0 Å². The third-order valence-electron chi connectivity index (χ3n) is 1.75. The molecule has 0 aliphatic carbocycles. The molecule has 1 aromatic heterocycles. The lowest BCUT2D eigenvalue weighted by Gasteiger charge is -2.19. The van der Waals surface area contributed by atoms with Gasteiger partial charge < -0.3 is 9.84 Å². The van der Waals surface area contributed by atoms with Crippen molar-refractivity contribution in [3.05, 3.63) is 24.0 Å². The van der Waals surface area contributed by atoms with Crippen LogP contribution in [0.1, 0.15) is 26.3 Å². The maximum absolute atomic E-state index is 11.3. The molecule has 0 aliphatic heterocycles. The molecule has 3 N–H and O–H groups in total. The molecule has 17 heavy (non-hydrogen) atoms. The van der Waals surface area contributed by atoms with Gasteiger partial charge in [-0.2, -0.15) is 0 Å². The van der Waals surface area contributed by atoms with Crippen molar-refractivity contribution in [2.24, 2.45) is 0 Å². The standard InChI is InChI=1S/C11H17N3O3/c1-11(2,3)17-10(16)14-13-7-8-6-12-5-4-9(8)15/h4-6,13H,7H2,1-3H3,(H,12,15)(H,14,16). The van der Waals surface area contributed by atoms with Crippen LogP contribution < -0.4 is 10.9 Å². The molecular weight excluding hydrogens is 222 g/mol. The Bertz CT molecular complexity index is 388. The first-order valence-electron chi connectivity index (χ1n) is 5.22. The Balaban J connectivity index is 2.34. The normalized spacial score (nSPS) is 11.0. The van der Waals surface area contributed by atoms with Crippen molar-refractivity contribution in [2.75, 3.05) is 0 Å². The number of hydrazine groups is 1. The summed E-state index contributed by atoms with van der Waals surface area (Å²) in [6.07, 6.45) is 2.43. The summed E-state index contributed by atoms with van der Waals surface area (Å²) in [5.74, 6) is 0.124. The van der Waals surface area contributed by atoms with E-state index in [2.05, 4.69) is 15.8 Å². The Morgan fingerprint density at radius 2 is 2.24 bits per heavy atom. The number of aromatic hydroxyl groups is 1. The van der Waals surface area contributed by atoms with Gasteiger partial charge in [-0.05, 0) is 26.8 Å². The van der Waals surface area contributed by atoms with Gasteiger partial charge in [0.1, 0.15) is 11.4 Å². The SMILES string of the molecule is CC(C)(C)OC(=O)NNCc1cnccc1O. The first-order chi connectivity index (χ1) is 7.88. The molecule has 1 aromatic rings. The van der Waals surface area contributed by atoms with Crippen molar-refractivity contribution in [1.29, 1.82) is 0 Å². The van der Waals surface area contributed by atoms with Crippen molar-refractivity contribution in [1.82, 2.24) is 15.8 Å². The predicted molar refractivity (Wildman–Crippen MR) is 62.1 cm³/mol. The number of pyridine rings is 1. The van der Waals surface area contributed by atoms with E-state index in [0.717, 1.165) is 0 Å². The monoisotopic (exact) mass is 239 g/mol. The molecule has 1 heterocycles. The van der Waals surface area contributed by atoms with E-state index in [1.807, 2.05) is 0 Å². The van der Waals surface area contributed by atoms with Gasteiger partial charge in [0.15, 0.2) is 0 Å². The zero-order valence-corrected chi connectivity index (χ0v) is 10.2. The number of carbonyl (C=O) groups excluding carboxylic acids is 1. The Kier molecular flexibility index (Phi) is 4.28. The van der Waals surface area contributed by atoms with Crippen molar-refractivity contribution in [3.8, 4) is 5.75 Å². The molecule has 0 aliphatic rings. The highest BCUT2D eigenvalue weighted by molar-refractivity contribution is 5.66. The summed E-state index contributed by atoms with van der Waals surface area (Å²) in [6.45, 7) is 5.59. The summed E-state index contributed by atoms with van der Waals surface area (Å²) in [5, 5.41) is 9.44. The molecule has 0 saturated heterocycles. The van der Waals surface area contributed by atoms with Gasteiger partial charge >= 0.3 is 6.09 Å². The van der Waals surface area contributed by atoms with E-state index in [1.54, 1.807) is 20.8 Å². The number of hydrogen-bond donors (Lipinski definition) is 3. The van der Waals surface area contributed by atoms with Gasteiger partial charge in [0.05, 0.1) is 0 Å². The molecule has 0 spiro atoms. The minimum Gasteiger partial charge on any atom is -0.508 e. The summed E-state index contributed by atoms with van der Waals surface area (Å²) in [5.41, 5.74) is 5.05. The lowest BCUT2D eigenvalue weighted by atomic mass is 10.2. The average Bonchev–Trinajstić information content (AvgIpc) is 2.18. The van der Waals surface area contributed by atoms with E-state index in [-0.39, 0.29) is 12.3 Å². The van der Waals surface area contributed by atoms with E-state index < -0.39 is 11.7 Å². The molecule has 94 valence electrons. The smallest absolute Gasteiger partial charge is 0.422 e. The highest BCUT2D eigenvalue weighted by Gasteiger charge is 2.15. The molecule has 0 aromatic carbocycles. The minimum absolute atomic E-state index is 0.124. The summed E-state index contributed by atoms with van der Waals surface area (Å²) in [4.78, 5) is 15.1. The van der Waals surface area contributed by atoms with Gasteiger partial charge in [-0.1, -0.05) is 0 Å². The third-order valence-corrected chi connectivity index (χ3v) is 1.75. The fourth-order valence-corrected chi connectivity index (χ4v) is 1.07. The van der Waals surface area contributed by atoms with Gasteiger partial charge in [0.25, 0.3) is 0 Å². The van der Waals surface area contributed by atoms with Crippen molar-refractivity contribution in [3.63, 3.8) is 0 Å². The van der Waals surface area contributed by atoms with Crippen LogP contribution in [0.4, 0.5) is 4.79 Å². The second kappa shape index (κ2) is 5.49. The van der Waals surface area contributed by atoms with Crippen molar-refractivity contribution in [2.45, 2.75) is 32.9 Å². The lowest BCUT2D eigenvalue weighted by Crippen LogP contribution is -2.40. The number of nitrogens with one attached hydrogen (secondary N) is 2. The Labute approximate surface area is 100.0 Å². The molecule has 0 saturated carbocycles. The van der Waals surface area contributed by atoms with Crippen LogP contribution in [0.25, 0.3) is 0 Å². The van der Waals surface area contributed by atoms with Crippen LogP contribution in [0.3, 0.4) is 0 Å². The number of ether oxygens (including phenoxy) is 1. The molecule has 1 rings (SSSR count). The van der Waals surface area contributed by atoms with Gasteiger partial charge in [-0.3, -0.25) is 10.4 Å². The fourth-order valence-electron chi connectivity index (χ4n) is 1.07. The van der Waals surface area contributed by atoms with E-state index in [0.29, 0.717) is 5.56 Å². The second-order valence-electron chi connectivity index (χ2n) is 4.48. The Hall–Kier alpha value is -1.82. The van der Waals surface area contributed by atoms with Crippen LogP contribution >= 0.6 is 0 Å². The zero-order chi connectivity index (χ0) is 12.9. The maximum atomic E-state index is 11.3. The lowest BCUT2D eigenvalue weighted by molar-refractivity contribution is 0.0496. The molecule has 0 fully saturated rings. The largest absolute Gasteiger partial charge is 0.508 e. The van der Waals surface area contributed by atoms with E-state index in [4.69, 9.17) is 4.74 Å². The number of amides is 1. The summed E-state index contributed by atoms with van der Waals surface area (Å²) in [7, 11) is 0.